The van der Waals surface area contributed by atoms with Crippen LogP contribution in [-0.2, 0) is 4.79 Å². The highest BCUT2D eigenvalue weighted by Crippen LogP contribution is 2.30. The number of hydrogen-bond donors (Lipinski definition) is 2. The fourth-order valence-corrected chi connectivity index (χ4v) is 3.55. The smallest absolute Gasteiger partial charge is 0.345 e. The monoisotopic (exact) mass is 557 g/mol. The summed E-state index contributed by atoms with van der Waals surface area (Å²) in [6, 6.07) is 15.8. The highest BCUT2D eigenvalue weighted by molar-refractivity contribution is 6.36. The summed E-state index contributed by atoms with van der Waals surface area (Å²) in [7, 11) is 1.42. The summed E-state index contributed by atoms with van der Waals surface area (Å²) in [6.45, 7) is 2.33. The molecule has 9 nitrogen and oxygen atoms in total. The van der Waals surface area contributed by atoms with E-state index in [-0.39, 0.29) is 28.6 Å². The van der Waals surface area contributed by atoms with Crippen LogP contribution in [0.1, 0.15) is 39.6 Å². The van der Waals surface area contributed by atoms with Crippen LogP contribution in [0.4, 0.5) is 0 Å². The third kappa shape index (κ3) is 8.22. The maximum atomic E-state index is 12.5. The lowest BCUT2D eigenvalue weighted by Crippen LogP contribution is -2.34. The topological polar surface area (TPSA) is 115 Å². The van der Waals surface area contributed by atoms with Crippen LogP contribution in [0.15, 0.2) is 65.8 Å². The summed E-state index contributed by atoms with van der Waals surface area (Å²) in [5, 5.41) is 6.96. The number of hydrogen-bond acceptors (Lipinski definition) is 7. The van der Waals surface area contributed by atoms with E-state index in [0.717, 1.165) is 6.42 Å². The first-order valence-electron chi connectivity index (χ1n) is 11.5. The minimum Gasteiger partial charge on any atom is -0.494 e. The van der Waals surface area contributed by atoms with Crippen LogP contribution >= 0.6 is 23.2 Å². The number of amides is 2. The van der Waals surface area contributed by atoms with Crippen LogP contribution in [0.25, 0.3) is 0 Å². The largest absolute Gasteiger partial charge is 0.494 e. The summed E-state index contributed by atoms with van der Waals surface area (Å²) < 4.78 is 16.2. The minimum atomic E-state index is -0.679. The number of hydrazone groups is 1. The van der Waals surface area contributed by atoms with E-state index in [1.165, 1.54) is 37.6 Å². The molecule has 0 fully saturated rings. The minimum absolute atomic E-state index is 0.150. The van der Waals surface area contributed by atoms with Gasteiger partial charge in [-0.25, -0.2) is 10.2 Å². The molecule has 0 atom stereocenters. The van der Waals surface area contributed by atoms with Crippen LogP contribution in [0, 0.1) is 0 Å². The van der Waals surface area contributed by atoms with Crippen LogP contribution in [0.3, 0.4) is 0 Å². The number of rotatable bonds is 11. The molecule has 0 spiro atoms. The third-order valence-electron chi connectivity index (χ3n) is 4.94. The summed E-state index contributed by atoms with van der Waals surface area (Å²) in [6.07, 6.45) is 2.26. The van der Waals surface area contributed by atoms with E-state index in [1.54, 1.807) is 36.4 Å². The van der Waals surface area contributed by atoms with Gasteiger partial charge >= 0.3 is 5.97 Å². The normalized spacial score (nSPS) is 10.6. The Morgan fingerprint density at radius 2 is 1.74 bits per heavy atom. The quantitative estimate of drug-likeness (QED) is 0.150. The van der Waals surface area contributed by atoms with Gasteiger partial charge in [0.1, 0.15) is 5.75 Å². The first-order valence-corrected chi connectivity index (χ1v) is 12.2. The van der Waals surface area contributed by atoms with Crippen LogP contribution in [0.5, 0.6) is 17.2 Å². The molecule has 0 saturated heterocycles. The Bertz CT molecular complexity index is 1330. The molecule has 0 aliphatic rings. The molecule has 0 saturated carbocycles. The molecule has 0 aliphatic heterocycles. The van der Waals surface area contributed by atoms with E-state index in [9.17, 15) is 14.4 Å². The SMILES string of the molecule is CCCOc1ccc(C(=O)NCC(=O)NN=Cc2ccc(OC(=O)c3ccc(Cl)cc3Cl)c(OC)c2)cc1. The summed E-state index contributed by atoms with van der Waals surface area (Å²) in [5.74, 6) is -0.504. The zero-order valence-electron chi connectivity index (χ0n) is 20.6. The van der Waals surface area contributed by atoms with E-state index < -0.39 is 17.8 Å². The number of ether oxygens (including phenoxy) is 3. The fraction of sp³-hybridized carbons (Fsp3) is 0.185. The lowest BCUT2D eigenvalue weighted by atomic mass is 10.2. The van der Waals surface area contributed by atoms with Crippen LogP contribution in [0.2, 0.25) is 10.0 Å². The Morgan fingerprint density at radius 3 is 2.42 bits per heavy atom. The molecule has 2 N–H and O–H groups in total. The maximum Gasteiger partial charge on any atom is 0.345 e. The van der Waals surface area contributed by atoms with Crippen molar-refractivity contribution in [2.45, 2.75) is 13.3 Å². The van der Waals surface area contributed by atoms with Crippen molar-refractivity contribution in [1.82, 2.24) is 10.7 Å². The number of carbonyl (C=O) groups excluding carboxylic acids is 3. The second-order valence-corrected chi connectivity index (χ2v) is 8.62. The highest BCUT2D eigenvalue weighted by Gasteiger charge is 2.16. The van der Waals surface area contributed by atoms with Gasteiger partial charge in [0.15, 0.2) is 11.5 Å². The average molecular weight is 558 g/mol. The summed E-state index contributed by atoms with van der Waals surface area (Å²) in [4.78, 5) is 36.8. The molecule has 0 bridgehead atoms. The molecule has 2 amide bonds. The number of nitrogens with one attached hydrogen (secondary N) is 2. The van der Waals surface area contributed by atoms with Gasteiger partial charge in [-0.1, -0.05) is 30.1 Å². The van der Waals surface area contributed by atoms with Crippen molar-refractivity contribution >= 4 is 47.2 Å². The zero-order valence-corrected chi connectivity index (χ0v) is 22.1. The van der Waals surface area contributed by atoms with Gasteiger partial charge in [-0.2, -0.15) is 5.10 Å². The van der Waals surface area contributed by atoms with Crippen molar-refractivity contribution in [1.29, 1.82) is 0 Å². The predicted molar refractivity (Wildman–Crippen MR) is 145 cm³/mol. The van der Waals surface area contributed by atoms with Crippen LogP contribution < -0.4 is 25.0 Å². The molecule has 0 radical (unpaired) electrons. The fourth-order valence-electron chi connectivity index (χ4n) is 3.06. The maximum absolute atomic E-state index is 12.5. The van der Waals surface area contributed by atoms with E-state index in [0.29, 0.717) is 28.5 Å². The second-order valence-electron chi connectivity index (χ2n) is 7.77. The standard InChI is InChI=1S/C27H25Cl2N3O6/c1-3-12-37-20-8-5-18(6-9-20)26(34)30-16-25(33)32-31-15-17-4-11-23(24(13-17)36-2)38-27(35)21-10-7-19(28)14-22(21)29/h4-11,13-15H,3,12,16H2,1-2H3,(H,30,34)(H,32,33). The van der Waals surface area contributed by atoms with Gasteiger partial charge in [0.2, 0.25) is 0 Å². The summed E-state index contributed by atoms with van der Waals surface area (Å²) >= 11 is 11.9. The number of methoxy groups -OCH3 is 1. The summed E-state index contributed by atoms with van der Waals surface area (Å²) in [5.41, 5.74) is 3.44. The number of esters is 1. The molecule has 3 rings (SSSR count). The number of carbonyl (C=O) groups is 3. The molecule has 0 aliphatic carbocycles. The van der Waals surface area contributed by atoms with Gasteiger partial charge in [0.25, 0.3) is 11.8 Å². The van der Waals surface area contributed by atoms with Crippen molar-refractivity contribution in [3.8, 4) is 17.2 Å². The number of benzene rings is 3. The number of nitrogens with zero attached hydrogens (tertiary/aromatic N) is 1. The molecule has 3 aromatic carbocycles. The highest BCUT2D eigenvalue weighted by atomic mass is 35.5. The van der Waals surface area contributed by atoms with Gasteiger partial charge in [0, 0.05) is 10.6 Å². The molecule has 3 aromatic rings. The number of halogens is 2. The van der Waals surface area contributed by atoms with Gasteiger partial charge in [0.05, 0.1) is 37.1 Å². The molecule has 198 valence electrons. The molecule has 0 aromatic heterocycles. The first-order chi connectivity index (χ1) is 18.3. The Kier molecular flexibility index (Phi) is 10.5. The first kappa shape index (κ1) is 28.5. The Balaban J connectivity index is 1.51. The van der Waals surface area contributed by atoms with Crippen LogP contribution in [-0.4, -0.2) is 44.3 Å². The molecule has 38 heavy (non-hydrogen) atoms. The van der Waals surface area contributed by atoms with Gasteiger partial charge < -0.3 is 19.5 Å². The van der Waals surface area contributed by atoms with Crippen molar-refractivity contribution in [3.63, 3.8) is 0 Å². The second kappa shape index (κ2) is 14.0. The molecule has 0 heterocycles. The molecule has 11 heteroatoms. The van der Waals surface area contributed by atoms with E-state index in [2.05, 4.69) is 15.8 Å². The van der Waals surface area contributed by atoms with Gasteiger partial charge in [-0.3, -0.25) is 9.59 Å². The van der Waals surface area contributed by atoms with E-state index >= 15 is 0 Å². The van der Waals surface area contributed by atoms with Crippen molar-refractivity contribution in [3.05, 3.63) is 87.4 Å². The van der Waals surface area contributed by atoms with E-state index in [4.69, 9.17) is 37.4 Å². The van der Waals surface area contributed by atoms with Crippen molar-refractivity contribution in [2.24, 2.45) is 5.10 Å². The molecule has 0 unspecified atom stereocenters. The van der Waals surface area contributed by atoms with E-state index in [1.807, 2.05) is 6.92 Å². The van der Waals surface area contributed by atoms with Gasteiger partial charge in [-0.05, 0) is 72.6 Å². The Labute approximate surface area is 229 Å². The lowest BCUT2D eigenvalue weighted by molar-refractivity contribution is -0.120. The molecular formula is C27H25Cl2N3O6. The Hall–Kier alpha value is -4.08. The lowest BCUT2D eigenvalue weighted by Gasteiger charge is -2.10. The van der Waals surface area contributed by atoms with Crippen molar-refractivity contribution < 1.29 is 28.6 Å². The van der Waals surface area contributed by atoms with Gasteiger partial charge in [-0.15, -0.1) is 0 Å². The third-order valence-corrected chi connectivity index (χ3v) is 5.49. The zero-order chi connectivity index (χ0) is 27.5. The molecular weight excluding hydrogens is 533 g/mol. The Morgan fingerprint density at radius 1 is 0.974 bits per heavy atom. The average Bonchev–Trinajstić information content (AvgIpc) is 2.91. The van der Waals surface area contributed by atoms with Crippen molar-refractivity contribution in [2.75, 3.05) is 20.3 Å². The predicted octanol–water partition coefficient (Wildman–Crippen LogP) is 4.89.